The van der Waals surface area contributed by atoms with Crippen LogP contribution in [0.3, 0.4) is 0 Å². The first-order chi connectivity index (χ1) is 11.8. The van der Waals surface area contributed by atoms with Gasteiger partial charge in [-0.3, -0.25) is 0 Å². The second-order valence-electron chi connectivity index (χ2n) is 11.5. The molecule has 0 heterocycles. The molecule has 0 aliphatic heterocycles. The normalized spacial score (nSPS) is 20.7. The molecule has 0 fully saturated rings. The lowest BCUT2D eigenvalue weighted by molar-refractivity contribution is -0.000849. The van der Waals surface area contributed by atoms with Gasteiger partial charge in [0.05, 0.1) is 5.60 Å². The Bertz CT molecular complexity index is 470. The summed E-state index contributed by atoms with van der Waals surface area (Å²) >= 11 is 0. The summed E-state index contributed by atoms with van der Waals surface area (Å²) in [5, 5.41) is 0.189. The van der Waals surface area contributed by atoms with Gasteiger partial charge in [0.2, 0.25) is 0 Å². The van der Waals surface area contributed by atoms with E-state index in [1.165, 1.54) is 0 Å². The van der Waals surface area contributed by atoms with Gasteiger partial charge in [-0.25, -0.2) is 0 Å². The molecule has 0 aromatic carbocycles. The molecular formula is C22H51NO2Si2. The van der Waals surface area contributed by atoms with Gasteiger partial charge in [-0.05, 0) is 84.2 Å². The molecule has 0 saturated heterocycles. The largest absolute Gasteiger partial charge is 0.412 e. The molecule has 0 amide bonds. The summed E-state index contributed by atoms with van der Waals surface area (Å²) in [6, 6.07) is 1.12. The highest BCUT2D eigenvalue weighted by atomic mass is 28.4. The van der Waals surface area contributed by atoms with Crippen molar-refractivity contribution in [3.63, 3.8) is 0 Å². The third-order valence-electron chi connectivity index (χ3n) is 7.33. The van der Waals surface area contributed by atoms with E-state index in [4.69, 9.17) is 14.6 Å². The van der Waals surface area contributed by atoms with Crippen molar-refractivity contribution in [2.75, 3.05) is 6.54 Å². The van der Waals surface area contributed by atoms with Crippen LogP contribution < -0.4 is 5.73 Å². The first-order valence-electron chi connectivity index (χ1n) is 10.9. The van der Waals surface area contributed by atoms with Crippen molar-refractivity contribution in [2.24, 2.45) is 5.73 Å². The molecule has 3 unspecified atom stereocenters. The third-order valence-corrected chi connectivity index (χ3v) is 17.4. The average Bonchev–Trinajstić information content (AvgIpc) is 2.48. The highest BCUT2D eigenvalue weighted by Crippen LogP contribution is 2.57. The summed E-state index contributed by atoms with van der Waals surface area (Å²) in [6.07, 6.45) is 3.11. The van der Waals surface area contributed by atoms with Gasteiger partial charge in [-0.15, -0.1) is 0 Å². The lowest BCUT2D eigenvalue weighted by atomic mass is 9.85. The van der Waals surface area contributed by atoms with E-state index >= 15 is 0 Å². The Hall–Kier alpha value is 0.314. The predicted molar refractivity (Wildman–Crippen MR) is 127 cm³/mol. The smallest absolute Gasteiger partial charge is 0.196 e. The molecule has 0 rings (SSSR count). The summed E-state index contributed by atoms with van der Waals surface area (Å²) < 4.78 is 14.1. The molecule has 0 aromatic rings. The molecule has 0 aromatic heterocycles. The van der Waals surface area contributed by atoms with Gasteiger partial charge in [-0.1, -0.05) is 41.5 Å². The Morgan fingerprint density at radius 2 is 1.26 bits per heavy atom. The molecule has 27 heavy (non-hydrogen) atoms. The van der Waals surface area contributed by atoms with E-state index in [-0.39, 0.29) is 21.3 Å². The Labute approximate surface area is 173 Å². The van der Waals surface area contributed by atoms with Crippen LogP contribution in [-0.4, -0.2) is 34.4 Å². The summed E-state index contributed by atoms with van der Waals surface area (Å²) in [6.45, 7) is 30.9. The van der Waals surface area contributed by atoms with E-state index in [2.05, 4.69) is 88.9 Å². The van der Waals surface area contributed by atoms with E-state index < -0.39 is 16.6 Å². The van der Waals surface area contributed by atoms with Crippen LogP contribution in [0.5, 0.6) is 0 Å². The zero-order valence-corrected chi connectivity index (χ0v) is 22.9. The van der Waals surface area contributed by atoms with Crippen molar-refractivity contribution < 1.29 is 8.85 Å². The maximum Gasteiger partial charge on any atom is 0.196 e. The molecule has 0 saturated carbocycles. The van der Waals surface area contributed by atoms with Crippen molar-refractivity contribution in [3.8, 4) is 0 Å². The SMILES string of the molecule is CCC(C)(O[Si](C)(CCCN)C(C)(C)C)C(C)(CC)[Si](C)(C)OC(C)(C)C. The van der Waals surface area contributed by atoms with Crippen molar-refractivity contribution >= 4 is 16.6 Å². The van der Waals surface area contributed by atoms with E-state index in [9.17, 15) is 0 Å². The molecule has 3 nitrogen and oxygen atoms in total. The van der Waals surface area contributed by atoms with Crippen molar-refractivity contribution in [2.45, 2.75) is 135 Å². The number of hydrogen-bond donors (Lipinski definition) is 1. The molecule has 0 radical (unpaired) electrons. The van der Waals surface area contributed by atoms with Crippen molar-refractivity contribution in [3.05, 3.63) is 0 Å². The van der Waals surface area contributed by atoms with Gasteiger partial charge in [0.25, 0.3) is 0 Å². The van der Waals surface area contributed by atoms with Gasteiger partial charge in [0, 0.05) is 10.6 Å². The lowest BCUT2D eigenvalue weighted by Crippen LogP contribution is -2.62. The summed E-state index contributed by atoms with van der Waals surface area (Å²) in [4.78, 5) is 0. The molecule has 3 atom stereocenters. The molecule has 5 heteroatoms. The van der Waals surface area contributed by atoms with Crippen LogP contribution >= 0.6 is 0 Å². The van der Waals surface area contributed by atoms with Crippen LogP contribution in [-0.2, 0) is 8.85 Å². The fourth-order valence-corrected chi connectivity index (χ4v) is 12.0. The number of rotatable bonds is 10. The van der Waals surface area contributed by atoms with E-state index in [0.717, 1.165) is 31.9 Å². The van der Waals surface area contributed by atoms with Gasteiger partial charge >= 0.3 is 0 Å². The summed E-state index contributed by atoms with van der Waals surface area (Å²) in [5.74, 6) is 0. The van der Waals surface area contributed by atoms with E-state index in [1.54, 1.807) is 0 Å². The highest BCUT2D eigenvalue weighted by Gasteiger charge is 2.59. The molecule has 0 bridgehead atoms. The van der Waals surface area contributed by atoms with Gasteiger partial charge < -0.3 is 14.6 Å². The van der Waals surface area contributed by atoms with Crippen molar-refractivity contribution in [1.29, 1.82) is 0 Å². The van der Waals surface area contributed by atoms with Crippen LogP contribution in [0.4, 0.5) is 0 Å². The predicted octanol–water partition coefficient (Wildman–Crippen LogP) is 7.09. The second-order valence-corrected chi connectivity index (χ2v) is 20.5. The third kappa shape index (κ3) is 6.14. The quantitative estimate of drug-likeness (QED) is 0.386. The standard InChI is InChI=1S/C22H51NO2Si2/c1-14-21(9,25-27(13,18-16-17-23)20(6,7)8)22(10,15-2)26(11,12)24-19(3,4)5/h14-18,23H2,1-13H3. The topological polar surface area (TPSA) is 44.5 Å². The summed E-state index contributed by atoms with van der Waals surface area (Å²) in [5.41, 5.74) is 5.54. The van der Waals surface area contributed by atoms with Gasteiger partial charge in [0.15, 0.2) is 16.6 Å². The van der Waals surface area contributed by atoms with Crippen LogP contribution in [0.15, 0.2) is 0 Å². The molecule has 0 aliphatic carbocycles. The lowest BCUT2D eigenvalue weighted by Gasteiger charge is -2.58. The fraction of sp³-hybridized carbons (Fsp3) is 1.00. The van der Waals surface area contributed by atoms with Crippen LogP contribution in [0, 0.1) is 0 Å². The monoisotopic (exact) mass is 417 g/mol. The Morgan fingerprint density at radius 1 is 0.778 bits per heavy atom. The molecular weight excluding hydrogens is 366 g/mol. The van der Waals surface area contributed by atoms with Crippen molar-refractivity contribution in [1.82, 2.24) is 0 Å². The molecule has 0 spiro atoms. The maximum absolute atomic E-state index is 7.34. The van der Waals surface area contributed by atoms with Crippen LogP contribution in [0.2, 0.25) is 35.8 Å². The highest BCUT2D eigenvalue weighted by molar-refractivity contribution is 6.76. The fourth-order valence-electron chi connectivity index (χ4n) is 4.41. The molecule has 2 N–H and O–H groups in total. The minimum Gasteiger partial charge on any atom is -0.412 e. The van der Waals surface area contributed by atoms with E-state index in [0.29, 0.717) is 0 Å². The molecule has 164 valence electrons. The maximum atomic E-state index is 7.34. The van der Waals surface area contributed by atoms with Crippen LogP contribution in [0.25, 0.3) is 0 Å². The first kappa shape index (κ1) is 27.3. The van der Waals surface area contributed by atoms with Crippen LogP contribution in [0.1, 0.15) is 88.5 Å². The number of nitrogens with two attached hydrogens (primary N) is 1. The Balaban J connectivity index is 6.20. The van der Waals surface area contributed by atoms with Gasteiger partial charge in [-0.2, -0.15) is 0 Å². The first-order valence-corrected chi connectivity index (χ1v) is 16.5. The molecule has 0 aliphatic rings. The van der Waals surface area contributed by atoms with E-state index in [1.807, 2.05) is 0 Å². The average molecular weight is 418 g/mol. The second kappa shape index (κ2) is 8.99. The summed E-state index contributed by atoms with van der Waals surface area (Å²) in [7, 11) is -4.07. The number of hydrogen-bond acceptors (Lipinski definition) is 3. The minimum absolute atomic E-state index is 0.0181. The van der Waals surface area contributed by atoms with Gasteiger partial charge in [0.1, 0.15) is 0 Å². The zero-order valence-electron chi connectivity index (χ0n) is 20.9. The zero-order chi connectivity index (χ0) is 21.9. The Kier molecular flexibility index (Phi) is 9.09. The Morgan fingerprint density at radius 3 is 1.56 bits per heavy atom. The minimum atomic E-state index is -2.07.